The average Bonchev–Trinajstić information content (AvgIpc) is 3.79. The number of halogens is 1. The number of tetrazole rings is 1. The Balaban J connectivity index is 1.32. The molecule has 0 fully saturated rings. The minimum Gasteiger partial charge on any atom is -0.444 e. The predicted octanol–water partition coefficient (Wildman–Crippen LogP) is 6.50. The number of pyridine rings is 2. The van der Waals surface area contributed by atoms with Gasteiger partial charge in [-0.05, 0) is 86.5 Å². The van der Waals surface area contributed by atoms with E-state index in [1.807, 2.05) is 24.4 Å². The number of anilines is 1. The van der Waals surface area contributed by atoms with Crippen molar-refractivity contribution in [2.75, 3.05) is 11.9 Å². The summed E-state index contributed by atoms with van der Waals surface area (Å²) < 4.78 is 16.4. The average molecular weight is 703 g/mol. The Kier molecular flexibility index (Phi) is 9.55. The van der Waals surface area contributed by atoms with Crippen LogP contribution in [0.3, 0.4) is 0 Å². The molecule has 13 nitrogen and oxygen atoms in total. The largest absolute Gasteiger partial charge is 0.444 e. The Morgan fingerprint density at radius 1 is 1.12 bits per heavy atom. The molecular weight excluding hydrogens is 662 g/mol. The highest BCUT2D eigenvalue weighted by Crippen LogP contribution is 2.39. The van der Waals surface area contributed by atoms with E-state index in [1.54, 1.807) is 50.0 Å². The third kappa shape index (κ3) is 7.98. The van der Waals surface area contributed by atoms with Gasteiger partial charge in [0.05, 0.1) is 23.1 Å². The molecule has 0 saturated carbocycles. The van der Waals surface area contributed by atoms with Crippen molar-refractivity contribution in [3.63, 3.8) is 0 Å². The van der Waals surface area contributed by atoms with Crippen LogP contribution in [0.4, 0.5) is 10.6 Å². The second-order valence-electron chi connectivity index (χ2n) is 14.3. The summed E-state index contributed by atoms with van der Waals surface area (Å²) in [6, 6.07) is 12.2. The van der Waals surface area contributed by atoms with Gasteiger partial charge in [-0.3, -0.25) is 10.5 Å². The minimum atomic E-state index is -1.31. The van der Waals surface area contributed by atoms with Gasteiger partial charge in [-0.1, -0.05) is 31.2 Å². The number of nitrogens with one attached hydrogen (secondary N) is 1. The van der Waals surface area contributed by atoms with E-state index in [0.29, 0.717) is 24.2 Å². The number of carbonyl (C=O) groups excluding carboxylic acids is 1. The van der Waals surface area contributed by atoms with E-state index in [9.17, 15) is 10.0 Å². The molecule has 0 bridgehead atoms. The van der Waals surface area contributed by atoms with Gasteiger partial charge in [0.25, 0.3) is 0 Å². The summed E-state index contributed by atoms with van der Waals surface area (Å²) in [7, 11) is -1.31. The predicted molar refractivity (Wildman–Crippen MR) is 187 cm³/mol. The molecule has 6 rings (SSSR count). The van der Waals surface area contributed by atoms with Crippen LogP contribution in [0.5, 0.6) is 0 Å². The Hall–Kier alpha value is -4.66. The van der Waals surface area contributed by atoms with Crippen LogP contribution in [0.25, 0.3) is 28.1 Å². The fraction of sp³-hybridized carbons (Fsp3) is 0.382. The molecule has 0 saturated heterocycles. The fourth-order valence-corrected chi connectivity index (χ4v) is 6.80. The van der Waals surface area contributed by atoms with Crippen LogP contribution in [0.1, 0.15) is 50.2 Å². The van der Waals surface area contributed by atoms with E-state index in [-0.39, 0.29) is 5.92 Å². The summed E-state index contributed by atoms with van der Waals surface area (Å²) in [5.41, 5.74) is 5.07. The van der Waals surface area contributed by atoms with Gasteiger partial charge in [0.2, 0.25) is 11.9 Å². The van der Waals surface area contributed by atoms with Crippen LogP contribution in [-0.4, -0.2) is 66.3 Å². The summed E-state index contributed by atoms with van der Waals surface area (Å²) in [4.78, 5) is 21.6. The minimum absolute atomic E-state index is 0.192. The first-order valence-electron chi connectivity index (χ1n) is 16.2. The number of carbonyl (C=O) groups is 1. The molecule has 1 unspecified atom stereocenters. The Labute approximate surface area is 290 Å². The molecule has 1 aliphatic carbocycles. The van der Waals surface area contributed by atoms with E-state index in [1.165, 1.54) is 11.1 Å². The van der Waals surface area contributed by atoms with Crippen LogP contribution in [-0.2, 0) is 22.6 Å². The van der Waals surface area contributed by atoms with Crippen molar-refractivity contribution in [3.8, 4) is 28.1 Å². The zero-order valence-corrected chi connectivity index (χ0v) is 30.3. The first kappa shape index (κ1) is 34.2. The maximum Gasteiger partial charge on any atom is 0.413 e. The number of nitrogens with zero attached hydrogens (tertiary/aromatic N) is 8. The Morgan fingerprint density at radius 3 is 2.63 bits per heavy atom. The smallest absolute Gasteiger partial charge is 0.413 e. The molecule has 0 radical (unpaired) electrons. The highest BCUT2D eigenvalue weighted by Gasteiger charge is 2.38. The van der Waals surface area contributed by atoms with Gasteiger partial charge < -0.3 is 14.0 Å². The van der Waals surface area contributed by atoms with Crippen molar-refractivity contribution in [2.24, 2.45) is 0 Å². The number of aromatic nitrogens is 8. The van der Waals surface area contributed by atoms with Crippen LogP contribution >= 0.6 is 11.6 Å². The molecule has 0 spiro atoms. The summed E-state index contributed by atoms with van der Waals surface area (Å²) in [5.74, 6) is 0.966. The maximum absolute atomic E-state index is 12.3. The molecular formula is C34H41ClN9O4Si+. The molecule has 2 N–H and O–H groups in total. The van der Waals surface area contributed by atoms with Crippen molar-refractivity contribution >= 4 is 31.6 Å². The molecule has 15 heteroatoms. The quantitative estimate of drug-likeness (QED) is 0.0720. The second kappa shape index (κ2) is 13.7. The zero-order valence-electron chi connectivity index (χ0n) is 28.5. The first-order valence-corrected chi connectivity index (χ1v) is 20.2. The molecule has 0 aliphatic heterocycles. The number of ether oxygens (including phenoxy) is 2. The lowest BCUT2D eigenvalue weighted by Gasteiger charge is -2.19. The first-order chi connectivity index (χ1) is 23.3. The molecule has 1 aromatic carbocycles. The normalized spacial score (nSPS) is 14.6. The standard InChI is InChI=1S/C34H40ClN9O4Si/c1-34(2,3)48-33(45)39-30-12-8-23(17-36-30)29-18-37-32(42(29)21-47-13-14-49(4,5)6)26-10-7-22-15-24(19-44(46)31(22)26)27-16-25(35)9-11-28(27)43-20-38-40-41-43/h8-9,11-12,15-20,26H,7,10,13-14,21H2,1-6H3,(H-,36,39,45,46)/p+1. The number of rotatable bonds is 10. The van der Waals surface area contributed by atoms with Crippen molar-refractivity contribution in [1.29, 1.82) is 0 Å². The summed E-state index contributed by atoms with van der Waals surface area (Å²) in [5, 5.41) is 26.3. The molecule has 4 heterocycles. The van der Waals surface area contributed by atoms with E-state index < -0.39 is 19.8 Å². The van der Waals surface area contributed by atoms with Crippen LogP contribution < -0.4 is 10.0 Å². The number of imidazole rings is 1. The van der Waals surface area contributed by atoms with Crippen LogP contribution in [0.15, 0.2) is 61.3 Å². The monoisotopic (exact) mass is 702 g/mol. The van der Waals surface area contributed by atoms with E-state index in [2.05, 4.69) is 56.1 Å². The Bertz CT molecular complexity index is 1950. The molecule has 49 heavy (non-hydrogen) atoms. The van der Waals surface area contributed by atoms with Gasteiger partial charge in [0.15, 0.2) is 0 Å². The lowest BCUT2D eigenvalue weighted by molar-refractivity contribution is -0.909. The number of hydrogen-bond donors (Lipinski definition) is 2. The number of amides is 1. The SMILES string of the molecule is CC(C)(C)OC(=O)Nc1ccc(-c2cnc(C3CCc4cc(-c5cc(Cl)ccc5-n5cnnn5)c[n+](O)c43)n2COCC[Si](C)(C)C)cn1. The lowest BCUT2D eigenvalue weighted by Crippen LogP contribution is -2.37. The van der Waals surface area contributed by atoms with Gasteiger partial charge in [0, 0.05) is 47.3 Å². The zero-order chi connectivity index (χ0) is 34.9. The van der Waals surface area contributed by atoms with E-state index in [4.69, 9.17) is 26.1 Å². The van der Waals surface area contributed by atoms with Crippen molar-refractivity contribution < 1.29 is 24.2 Å². The van der Waals surface area contributed by atoms with Crippen molar-refractivity contribution in [1.82, 2.24) is 34.7 Å². The number of benzene rings is 1. The topological polar surface area (TPSA) is 146 Å². The van der Waals surface area contributed by atoms with E-state index in [0.717, 1.165) is 64.0 Å². The van der Waals surface area contributed by atoms with Gasteiger partial charge >= 0.3 is 6.09 Å². The summed E-state index contributed by atoms with van der Waals surface area (Å²) >= 11 is 6.41. The summed E-state index contributed by atoms with van der Waals surface area (Å²) in [6.45, 7) is 13.3. The second-order valence-corrected chi connectivity index (χ2v) is 20.4. The molecule has 256 valence electrons. The van der Waals surface area contributed by atoms with E-state index >= 15 is 0 Å². The Morgan fingerprint density at radius 2 is 1.94 bits per heavy atom. The third-order valence-electron chi connectivity index (χ3n) is 8.17. The van der Waals surface area contributed by atoms with Crippen molar-refractivity contribution in [2.45, 2.75) is 77.5 Å². The molecule has 1 aliphatic rings. The summed E-state index contributed by atoms with van der Waals surface area (Å²) in [6.07, 6.45) is 7.63. The molecule has 5 aromatic rings. The van der Waals surface area contributed by atoms with Gasteiger partial charge in [-0.15, -0.1) is 5.10 Å². The maximum atomic E-state index is 12.3. The third-order valence-corrected chi connectivity index (χ3v) is 10.1. The highest BCUT2D eigenvalue weighted by molar-refractivity contribution is 6.76. The molecule has 1 amide bonds. The number of fused-ring (bicyclic) bond motifs is 1. The van der Waals surface area contributed by atoms with Gasteiger partial charge in [-0.2, -0.15) is 4.68 Å². The van der Waals surface area contributed by atoms with Crippen LogP contribution in [0, 0.1) is 0 Å². The fourth-order valence-electron chi connectivity index (χ4n) is 5.87. The van der Waals surface area contributed by atoms with Gasteiger partial charge in [0.1, 0.15) is 36.2 Å². The highest BCUT2D eigenvalue weighted by atomic mass is 35.5. The molecule has 4 aromatic heterocycles. The van der Waals surface area contributed by atoms with Crippen LogP contribution in [0.2, 0.25) is 30.7 Å². The number of aryl methyl sites for hydroxylation is 1. The number of hydrogen-bond acceptors (Lipinski definition) is 9. The lowest BCUT2D eigenvalue weighted by atomic mass is 10.0. The van der Waals surface area contributed by atoms with Crippen molar-refractivity contribution in [3.05, 3.63) is 83.4 Å². The molecule has 1 atom stereocenters. The van der Waals surface area contributed by atoms with Gasteiger partial charge in [-0.25, -0.2) is 14.8 Å².